The molecule has 0 bridgehead atoms. The fourth-order valence-corrected chi connectivity index (χ4v) is 2.73. The highest BCUT2D eigenvalue weighted by Crippen LogP contribution is 2.25. The summed E-state index contributed by atoms with van der Waals surface area (Å²) in [4.78, 5) is 12.0. The number of aromatic nitrogens is 3. The lowest BCUT2D eigenvalue weighted by Crippen LogP contribution is -2.14. The van der Waals surface area contributed by atoms with Crippen molar-refractivity contribution in [2.24, 2.45) is 0 Å². The molecule has 0 radical (unpaired) electrons. The standard InChI is InChI=1S/C14H11ClFN3O6S/c1-26(21,22)24-5-4-8-7-23-17-12(8)13-18-25-14(20)19(13)9-2-3-11(16)10(15)6-9/h2-3,6-7H,4-5H2,1H3. The maximum Gasteiger partial charge on any atom is 0.446 e. The largest absolute Gasteiger partial charge is 0.446 e. The fraction of sp³-hybridized carbons (Fsp3) is 0.214. The monoisotopic (exact) mass is 403 g/mol. The lowest BCUT2D eigenvalue weighted by molar-refractivity contribution is 0.325. The van der Waals surface area contributed by atoms with E-state index in [1.54, 1.807) is 0 Å². The lowest BCUT2D eigenvalue weighted by Gasteiger charge is -2.05. The van der Waals surface area contributed by atoms with Crippen molar-refractivity contribution in [3.8, 4) is 17.2 Å². The van der Waals surface area contributed by atoms with Crippen LogP contribution in [0.4, 0.5) is 4.39 Å². The zero-order chi connectivity index (χ0) is 18.9. The minimum atomic E-state index is -3.60. The average molecular weight is 404 g/mol. The number of nitrogens with zero attached hydrogens (tertiary/aromatic N) is 3. The van der Waals surface area contributed by atoms with E-state index < -0.39 is 21.7 Å². The average Bonchev–Trinajstić information content (AvgIpc) is 3.15. The van der Waals surface area contributed by atoms with Crippen LogP contribution in [0.1, 0.15) is 5.56 Å². The molecular weight excluding hydrogens is 393 g/mol. The second kappa shape index (κ2) is 7.02. The van der Waals surface area contributed by atoms with Crippen LogP contribution in [-0.2, 0) is 20.7 Å². The van der Waals surface area contributed by atoms with Gasteiger partial charge in [0.2, 0.25) is 5.82 Å². The first-order valence-corrected chi connectivity index (χ1v) is 9.28. The molecule has 0 spiro atoms. The van der Waals surface area contributed by atoms with Gasteiger partial charge in [-0.15, -0.1) is 0 Å². The van der Waals surface area contributed by atoms with Gasteiger partial charge in [-0.3, -0.25) is 8.71 Å². The first-order chi connectivity index (χ1) is 12.3. The van der Waals surface area contributed by atoms with E-state index in [4.69, 9.17) is 16.1 Å². The molecule has 0 aliphatic heterocycles. The van der Waals surface area contributed by atoms with Gasteiger partial charge in [-0.1, -0.05) is 21.9 Å². The zero-order valence-corrected chi connectivity index (χ0v) is 14.8. The van der Waals surface area contributed by atoms with Crippen molar-refractivity contribution in [2.45, 2.75) is 6.42 Å². The summed E-state index contributed by atoms with van der Waals surface area (Å²) in [6.45, 7) is -0.155. The van der Waals surface area contributed by atoms with Crippen molar-refractivity contribution in [1.29, 1.82) is 0 Å². The van der Waals surface area contributed by atoms with E-state index in [1.165, 1.54) is 18.4 Å². The molecule has 0 saturated heterocycles. The van der Waals surface area contributed by atoms with Crippen LogP contribution in [0.3, 0.4) is 0 Å². The molecule has 3 aromatic rings. The van der Waals surface area contributed by atoms with Crippen molar-refractivity contribution in [2.75, 3.05) is 12.9 Å². The summed E-state index contributed by atoms with van der Waals surface area (Å²) < 4.78 is 50.7. The molecule has 2 heterocycles. The predicted octanol–water partition coefficient (Wildman–Crippen LogP) is 1.79. The minimum Gasteiger partial charge on any atom is -0.364 e. The summed E-state index contributed by atoms with van der Waals surface area (Å²) >= 11 is 5.75. The van der Waals surface area contributed by atoms with E-state index in [0.717, 1.165) is 16.9 Å². The van der Waals surface area contributed by atoms with E-state index in [9.17, 15) is 17.6 Å². The van der Waals surface area contributed by atoms with Crippen LogP contribution in [0.25, 0.3) is 17.2 Å². The molecule has 0 atom stereocenters. The van der Waals surface area contributed by atoms with Crippen molar-refractivity contribution < 1.29 is 26.0 Å². The van der Waals surface area contributed by atoms with E-state index in [0.29, 0.717) is 5.56 Å². The third-order valence-electron chi connectivity index (χ3n) is 3.29. The molecule has 0 N–H and O–H groups in total. The Bertz CT molecular complexity index is 1100. The molecule has 3 rings (SSSR count). The molecule has 9 nitrogen and oxygen atoms in total. The molecule has 12 heteroatoms. The highest BCUT2D eigenvalue weighted by atomic mass is 35.5. The van der Waals surface area contributed by atoms with Crippen LogP contribution in [0.15, 0.2) is 38.3 Å². The van der Waals surface area contributed by atoms with E-state index in [2.05, 4.69) is 19.0 Å². The van der Waals surface area contributed by atoms with Gasteiger partial charge in [0.15, 0.2) is 5.69 Å². The van der Waals surface area contributed by atoms with E-state index >= 15 is 0 Å². The van der Waals surface area contributed by atoms with Gasteiger partial charge in [-0.05, 0) is 18.2 Å². The van der Waals surface area contributed by atoms with Crippen molar-refractivity contribution in [3.05, 3.63) is 51.4 Å². The Hall–Kier alpha value is -2.50. The molecule has 0 fully saturated rings. The van der Waals surface area contributed by atoms with Gasteiger partial charge in [-0.2, -0.15) is 8.42 Å². The summed E-state index contributed by atoms with van der Waals surface area (Å²) in [5.74, 6) is -1.51. The number of rotatable bonds is 6. The fourth-order valence-electron chi connectivity index (χ4n) is 2.17. The summed E-state index contributed by atoms with van der Waals surface area (Å²) in [7, 11) is -3.60. The highest BCUT2D eigenvalue weighted by molar-refractivity contribution is 7.85. The van der Waals surface area contributed by atoms with Crippen LogP contribution < -0.4 is 5.76 Å². The number of hydrogen-bond donors (Lipinski definition) is 0. The number of benzene rings is 1. The molecule has 0 aliphatic carbocycles. The molecule has 0 unspecified atom stereocenters. The zero-order valence-electron chi connectivity index (χ0n) is 13.2. The van der Waals surface area contributed by atoms with Crippen molar-refractivity contribution in [1.82, 2.24) is 14.9 Å². The smallest absolute Gasteiger partial charge is 0.364 e. The normalized spacial score (nSPS) is 11.8. The summed E-state index contributed by atoms with van der Waals surface area (Å²) in [6, 6.07) is 3.63. The van der Waals surface area contributed by atoms with Gasteiger partial charge >= 0.3 is 5.76 Å². The molecule has 0 amide bonds. The molecule has 0 saturated carbocycles. The maximum atomic E-state index is 13.4. The maximum absolute atomic E-state index is 13.4. The van der Waals surface area contributed by atoms with Gasteiger partial charge in [0, 0.05) is 12.0 Å². The SMILES string of the molecule is CS(=O)(=O)OCCc1conc1-c1noc(=O)n1-c1ccc(F)c(Cl)c1. The van der Waals surface area contributed by atoms with E-state index in [1.807, 2.05) is 0 Å². The second-order valence-electron chi connectivity index (χ2n) is 5.17. The highest BCUT2D eigenvalue weighted by Gasteiger charge is 2.22. The van der Waals surface area contributed by atoms with E-state index in [-0.39, 0.29) is 35.3 Å². The minimum absolute atomic E-state index is 0.0132. The van der Waals surface area contributed by atoms with Crippen LogP contribution in [0.2, 0.25) is 5.02 Å². The lowest BCUT2D eigenvalue weighted by atomic mass is 10.2. The summed E-state index contributed by atoms with van der Waals surface area (Å²) in [6.07, 6.45) is 2.31. The Morgan fingerprint density at radius 3 is 2.81 bits per heavy atom. The Kier molecular flexibility index (Phi) is 4.94. The van der Waals surface area contributed by atoms with Gasteiger partial charge in [-0.25, -0.2) is 13.8 Å². The van der Waals surface area contributed by atoms with Gasteiger partial charge in [0.1, 0.15) is 12.1 Å². The van der Waals surface area contributed by atoms with Gasteiger partial charge in [0.25, 0.3) is 10.1 Å². The quantitative estimate of drug-likeness (QED) is 0.572. The second-order valence-corrected chi connectivity index (χ2v) is 7.22. The summed E-state index contributed by atoms with van der Waals surface area (Å²) in [5, 5.41) is 7.24. The predicted molar refractivity (Wildman–Crippen MR) is 87.1 cm³/mol. The molecule has 0 aliphatic rings. The number of hydrogen-bond acceptors (Lipinski definition) is 8. The van der Waals surface area contributed by atoms with Crippen LogP contribution in [-0.4, -0.2) is 36.2 Å². The van der Waals surface area contributed by atoms with Gasteiger partial charge in [0.05, 0.1) is 23.6 Å². The molecule has 138 valence electrons. The van der Waals surface area contributed by atoms with Gasteiger partial charge < -0.3 is 4.52 Å². The summed E-state index contributed by atoms with van der Waals surface area (Å²) in [5.41, 5.74) is 0.788. The first-order valence-electron chi connectivity index (χ1n) is 7.08. The first kappa shape index (κ1) is 18.3. The van der Waals surface area contributed by atoms with Crippen LogP contribution in [0.5, 0.6) is 0 Å². The Balaban J connectivity index is 1.98. The molecule has 1 aromatic carbocycles. The van der Waals surface area contributed by atoms with Crippen LogP contribution in [0, 0.1) is 5.82 Å². The third kappa shape index (κ3) is 3.84. The topological polar surface area (TPSA) is 117 Å². The molecule has 26 heavy (non-hydrogen) atoms. The molecular formula is C14H11ClFN3O6S. The molecule has 2 aromatic heterocycles. The van der Waals surface area contributed by atoms with Crippen molar-refractivity contribution >= 4 is 21.7 Å². The third-order valence-corrected chi connectivity index (χ3v) is 4.17. The Labute approximate surface area is 151 Å². The Morgan fingerprint density at radius 1 is 1.35 bits per heavy atom. The number of halogens is 2. The van der Waals surface area contributed by atoms with Crippen molar-refractivity contribution in [3.63, 3.8) is 0 Å². The Morgan fingerprint density at radius 2 is 2.12 bits per heavy atom. The van der Waals surface area contributed by atoms with Crippen LogP contribution >= 0.6 is 11.6 Å².